The summed E-state index contributed by atoms with van der Waals surface area (Å²) in [5, 5.41) is 0. The van der Waals surface area contributed by atoms with E-state index in [9.17, 15) is 0 Å². The first-order valence-electron chi connectivity index (χ1n) is 10.6. The van der Waals surface area contributed by atoms with Crippen LogP contribution in [0.3, 0.4) is 0 Å². The molecule has 30 heavy (non-hydrogen) atoms. The highest BCUT2D eigenvalue weighted by molar-refractivity contribution is 5.67. The monoisotopic (exact) mass is 416 g/mol. The third kappa shape index (κ3) is 7.16. The summed E-state index contributed by atoms with van der Waals surface area (Å²) in [5.74, 6) is 2.52. The molecular formula is C26H40O4. The van der Waals surface area contributed by atoms with Gasteiger partial charge >= 0.3 is 0 Å². The van der Waals surface area contributed by atoms with Crippen LogP contribution < -0.4 is 18.9 Å². The van der Waals surface area contributed by atoms with Gasteiger partial charge in [0.15, 0.2) is 11.5 Å². The van der Waals surface area contributed by atoms with Crippen molar-refractivity contribution in [2.45, 2.75) is 66.7 Å². The summed E-state index contributed by atoms with van der Waals surface area (Å²) in [6, 6.07) is 0. The lowest BCUT2D eigenvalue weighted by molar-refractivity contribution is 0.302. The number of benzene rings is 1. The lowest BCUT2D eigenvalue weighted by atomic mass is 9.99. The van der Waals surface area contributed by atoms with E-state index in [1.165, 1.54) is 16.7 Å². The largest absolute Gasteiger partial charge is 0.492 e. The van der Waals surface area contributed by atoms with E-state index in [2.05, 4.69) is 45.9 Å². The Labute approximate surface area is 183 Å². The highest BCUT2D eigenvalue weighted by Gasteiger charge is 2.24. The van der Waals surface area contributed by atoms with Crippen LogP contribution in [0.2, 0.25) is 0 Å². The first kappa shape index (κ1) is 25.7. The maximum absolute atomic E-state index is 5.69. The molecule has 0 aliphatic rings. The summed E-state index contributed by atoms with van der Waals surface area (Å²) >= 11 is 0. The summed E-state index contributed by atoms with van der Waals surface area (Å²) in [6.45, 7) is 10.7. The smallest absolute Gasteiger partial charge is 0.207 e. The van der Waals surface area contributed by atoms with Crippen LogP contribution in [0.4, 0.5) is 0 Å². The molecule has 0 aliphatic carbocycles. The van der Waals surface area contributed by atoms with E-state index in [4.69, 9.17) is 18.9 Å². The Morgan fingerprint density at radius 3 is 1.60 bits per heavy atom. The van der Waals surface area contributed by atoms with Crippen molar-refractivity contribution >= 4 is 0 Å². The Bertz CT molecular complexity index is 781. The van der Waals surface area contributed by atoms with Gasteiger partial charge in [0.25, 0.3) is 0 Å². The molecule has 1 rings (SSSR count). The zero-order chi connectivity index (χ0) is 22.7. The summed E-state index contributed by atoms with van der Waals surface area (Å²) in [4.78, 5) is 0. The van der Waals surface area contributed by atoms with Gasteiger partial charge in [-0.25, -0.2) is 0 Å². The lowest BCUT2D eigenvalue weighted by Crippen LogP contribution is -2.04. The summed E-state index contributed by atoms with van der Waals surface area (Å²) in [6.07, 6.45) is 12.1. The van der Waals surface area contributed by atoms with Gasteiger partial charge in [-0.1, -0.05) is 34.9 Å². The van der Waals surface area contributed by atoms with E-state index in [1.54, 1.807) is 28.4 Å². The van der Waals surface area contributed by atoms with Crippen molar-refractivity contribution in [1.29, 1.82) is 0 Å². The fraction of sp³-hybridized carbons (Fsp3) is 0.538. The predicted octanol–water partition coefficient (Wildman–Crippen LogP) is 6.99. The van der Waals surface area contributed by atoms with E-state index in [1.807, 2.05) is 6.92 Å². The van der Waals surface area contributed by atoms with Crippen LogP contribution in [-0.2, 0) is 6.42 Å². The van der Waals surface area contributed by atoms with Crippen molar-refractivity contribution < 1.29 is 18.9 Å². The third-order valence-electron chi connectivity index (χ3n) is 5.28. The molecule has 168 valence electrons. The molecule has 0 bridgehead atoms. The summed E-state index contributed by atoms with van der Waals surface area (Å²) in [7, 11) is 6.53. The van der Waals surface area contributed by atoms with Crippen molar-refractivity contribution in [3.8, 4) is 23.0 Å². The highest BCUT2D eigenvalue weighted by atomic mass is 16.5. The molecule has 0 heterocycles. The summed E-state index contributed by atoms with van der Waals surface area (Å²) < 4.78 is 22.4. The second-order valence-electron chi connectivity index (χ2n) is 7.90. The zero-order valence-electron chi connectivity index (χ0n) is 20.4. The van der Waals surface area contributed by atoms with Crippen molar-refractivity contribution in [3.63, 3.8) is 0 Å². The standard InChI is InChI=1S/C26H40O4/c1-18(2)12-10-13-19(3)14-11-15-20(4)16-17-22-21(5)23(27-6)25(29-8)26(30-9)24(22)28-7/h12,14,16H,10-11,13,15,17H2,1-9H3/b19-14-,20-16-. The van der Waals surface area contributed by atoms with Crippen LogP contribution in [0.25, 0.3) is 0 Å². The van der Waals surface area contributed by atoms with E-state index in [-0.39, 0.29) is 0 Å². The van der Waals surface area contributed by atoms with Crippen LogP contribution in [-0.4, -0.2) is 28.4 Å². The third-order valence-corrected chi connectivity index (χ3v) is 5.28. The average Bonchev–Trinajstić information content (AvgIpc) is 2.71. The summed E-state index contributed by atoms with van der Waals surface area (Å²) in [5.41, 5.74) is 6.27. The first-order chi connectivity index (χ1) is 14.3. The quantitative estimate of drug-likeness (QED) is 0.344. The average molecular weight is 417 g/mol. The van der Waals surface area contributed by atoms with Gasteiger partial charge in [-0.2, -0.15) is 0 Å². The number of methoxy groups -OCH3 is 4. The normalized spacial score (nSPS) is 11.9. The SMILES string of the molecule is COc1c(C)c(C/C=C(/C)CC/C=C(/C)CCC=C(C)C)c(OC)c(OC)c1OC. The molecule has 0 radical (unpaired) electrons. The minimum Gasteiger partial charge on any atom is -0.492 e. The number of ether oxygens (including phenoxy) is 4. The van der Waals surface area contributed by atoms with Gasteiger partial charge in [0.2, 0.25) is 11.5 Å². The molecule has 0 fully saturated rings. The molecule has 0 atom stereocenters. The molecule has 0 aromatic heterocycles. The Morgan fingerprint density at radius 2 is 1.10 bits per heavy atom. The Hall–Kier alpha value is -2.36. The Morgan fingerprint density at radius 1 is 0.633 bits per heavy atom. The number of hydrogen-bond donors (Lipinski definition) is 0. The number of hydrogen-bond acceptors (Lipinski definition) is 4. The molecule has 0 aliphatic heterocycles. The van der Waals surface area contributed by atoms with Crippen LogP contribution >= 0.6 is 0 Å². The van der Waals surface area contributed by atoms with E-state index in [0.717, 1.165) is 43.2 Å². The molecule has 0 saturated carbocycles. The van der Waals surface area contributed by atoms with Crippen LogP contribution in [0, 0.1) is 6.92 Å². The fourth-order valence-corrected chi connectivity index (χ4v) is 3.51. The molecule has 0 amide bonds. The second kappa shape index (κ2) is 13.0. The number of allylic oxidation sites excluding steroid dienone is 6. The minimum absolute atomic E-state index is 0.563. The minimum atomic E-state index is 0.563. The second-order valence-corrected chi connectivity index (χ2v) is 7.90. The van der Waals surface area contributed by atoms with Gasteiger partial charge in [0, 0.05) is 11.1 Å². The maximum Gasteiger partial charge on any atom is 0.207 e. The molecule has 0 unspecified atom stereocenters. The van der Waals surface area contributed by atoms with Crippen molar-refractivity contribution in [3.05, 3.63) is 46.1 Å². The molecule has 0 N–H and O–H groups in total. The van der Waals surface area contributed by atoms with Crippen LogP contribution in [0.15, 0.2) is 34.9 Å². The van der Waals surface area contributed by atoms with Gasteiger partial charge in [-0.3, -0.25) is 0 Å². The van der Waals surface area contributed by atoms with Gasteiger partial charge in [-0.05, 0) is 66.7 Å². The zero-order valence-corrected chi connectivity index (χ0v) is 20.4. The van der Waals surface area contributed by atoms with Crippen molar-refractivity contribution in [1.82, 2.24) is 0 Å². The van der Waals surface area contributed by atoms with Crippen LogP contribution in [0.5, 0.6) is 23.0 Å². The molecule has 1 aromatic rings. The van der Waals surface area contributed by atoms with Gasteiger partial charge in [0.05, 0.1) is 28.4 Å². The molecule has 4 nitrogen and oxygen atoms in total. The van der Waals surface area contributed by atoms with Crippen molar-refractivity contribution in [2.75, 3.05) is 28.4 Å². The van der Waals surface area contributed by atoms with Gasteiger partial charge < -0.3 is 18.9 Å². The van der Waals surface area contributed by atoms with E-state index >= 15 is 0 Å². The van der Waals surface area contributed by atoms with Gasteiger partial charge in [0.1, 0.15) is 0 Å². The Balaban J connectivity index is 2.94. The number of rotatable bonds is 12. The molecule has 4 heteroatoms. The fourth-order valence-electron chi connectivity index (χ4n) is 3.51. The maximum atomic E-state index is 5.69. The Kier molecular flexibility index (Phi) is 11.2. The molecule has 1 aromatic carbocycles. The lowest BCUT2D eigenvalue weighted by Gasteiger charge is -2.21. The van der Waals surface area contributed by atoms with Crippen LogP contribution in [0.1, 0.15) is 64.5 Å². The molecule has 0 spiro atoms. The van der Waals surface area contributed by atoms with E-state index < -0.39 is 0 Å². The predicted molar refractivity (Wildman–Crippen MR) is 127 cm³/mol. The van der Waals surface area contributed by atoms with E-state index in [0.29, 0.717) is 23.0 Å². The first-order valence-corrected chi connectivity index (χ1v) is 10.6. The topological polar surface area (TPSA) is 36.9 Å². The van der Waals surface area contributed by atoms with Crippen molar-refractivity contribution in [2.24, 2.45) is 0 Å². The van der Waals surface area contributed by atoms with Gasteiger partial charge in [-0.15, -0.1) is 0 Å². The highest BCUT2D eigenvalue weighted by Crippen LogP contribution is 2.49. The molecule has 0 saturated heterocycles. The molecular weight excluding hydrogens is 376 g/mol.